The fourth-order valence-corrected chi connectivity index (χ4v) is 1.12. The summed E-state index contributed by atoms with van der Waals surface area (Å²) < 4.78 is 5.66. The molecule has 1 heteroatoms. The molecule has 0 N–H and O–H groups in total. The highest BCUT2D eigenvalue weighted by Crippen LogP contribution is 2.18. The van der Waals surface area contributed by atoms with Crippen molar-refractivity contribution in [3.05, 3.63) is 53.8 Å². The molecule has 0 aliphatic heterocycles. The van der Waals surface area contributed by atoms with Gasteiger partial charge in [-0.3, -0.25) is 0 Å². The van der Waals surface area contributed by atoms with E-state index in [0.717, 1.165) is 17.1 Å². The quantitative estimate of drug-likeness (QED) is 0.652. The summed E-state index contributed by atoms with van der Waals surface area (Å²) in [5, 5.41) is 0. The van der Waals surface area contributed by atoms with Crippen LogP contribution in [-0.4, -0.2) is 0 Å². The molecule has 0 aliphatic rings. The summed E-state index contributed by atoms with van der Waals surface area (Å²) >= 11 is 0. The van der Waals surface area contributed by atoms with Gasteiger partial charge in [0.25, 0.3) is 0 Å². The van der Waals surface area contributed by atoms with Crippen LogP contribution in [0.25, 0.3) is 5.76 Å². The van der Waals surface area contributed by atoms with Gasteiger partial charge in [-0.1, -0.05) is 30.3 Å². The van der Waals surface area contributed by atoms with E-state index < -0.39 is 0 Å². The number of allylic oxidation sites excluding steroid dienone is 3. The van der Waals surface area contributed by atoms with Crippen molar-refractivity contribution in [3.63, 3.8) is 0 Å². The Balaban J connectivity index is 2.85. The fourth-order valence-electron chi connectivity index (χ4n) is 1.12. The normalized spacial score (nSPS) is 12.8. The van der Waals surface area contributed by atoms with Crippen molar-refractivity contribution in [3.8, 4) is 0 Å². The highest BCUT2D eigenvalue weighted by atomic mass is 16.5. The number of hydrogen-bond acceptors (Lipinski definition) is 1. The highest BCUT2D eigenvalue weighted by Gasteiger charge is 2.00. The lowest BCUT2D eigenvalue weighted by Crippen LogP contribution is -1.89. The van der Waals surface area contributed by atoms with Crippen molar-refractivity contribution in [2.24, 2.45) is 0 Å². The summed E-state index contributed by atoms with van der Waals surface area (Å²) in [6, 6.07) is 10.1. The average molecular weight is 188 g/mol. The van der Waals surface area contributed by atoms with Crippen molar-refractivity contribution in [2.45, 2.75) is 20.8 Å². The van der Waals surface area contributed by atoms with Gasteiger partial charge in [0.15, 0.2) is 0 Å². The predicted octanol–water partition coefficient (Wildman–Crippen LogP) is 3.99. The molecule has 74 valence electrons. The highest BCUT2D eigenvalue weighted by molar-refractivity contribution is 5.59. The van der Waals surface area contributed by atoms with Crippen molar-refractivity contribution < 1.29 is 4.74 Å². The van der Waals surface area contributed by atoms with Crippen LogP contribution in [0.3, 0.4) is 0 Å². The summed E-state index contributed by atoms with van der Waals surface area (Å²) in [5.41, 5.74) is 1.11. The minimum Gasteiger partial charge on any atom is -0.462 e. The first kappa shape index (κ1) is 10.6. The van der Waals surface area contributed by atoms with Crippen LogP contribution in [0.1, 0.15) is 26.3 Å². The van der Waals surface area contributed by atoms with E-state index in [1.807, 2.05) is 63.3 Å². The Hall–Kier alpha value is -1.50. The minimum absolute atomic E-state index is 0.904. The Kier molecular flexibility index (Phi) is 3.99. The molecule has 0 bridgehead atoms. The Bertz CT molecular complexity index is 334. The van der Waals surface area contributed by atoms with E-state index in [9.17, 15) is 0 Å². The largest absolute Gasteiger partial charge is 0.462 e. The van der Waals surface area contributed by atoms with Crippen LogP contribution in [0.2, 0.25) is 0 Å². The number of rotatable bonds is 3. The molecule has 0 amide bonds. The second-order valence-electron chi connectivity index (χ2n) is 3.02. The van der Waals surface area contributed by atoms with Crippen LogP contribution in [-0.2, 0) is 4.74 Å². The molecule has 0 heterocycles. The molecule has 0 fully saturated rings. The van der Waals surface area contributed by atoms with Crippen LogP contribution >= 0.6 is 0 Å². The van der Waals surface area contributed by atoms with Crippen LogP contribution in [0.4, 0.5) is 0 Å². The third-order valence-electron chi connectivity index (χ3n) is 2.00. The molecule has 0 unspecified atom stereocenters. The average Bonchev–Trinajstić information content (AvgIpc) is 2.26. The summed E-state index contributed by atoms with van der Waals surface area (Å²) in [6.07, 6.45) is 3.93. The molecule has 1 aromatic rings. The van der Waals surface area contributed by atoms with Gasteiger partial charge in [-0.25, -0.2) is 0 Å². The molecule has 1 aromatic carbocycles. The Labute approximate surface area is 85.7 Å². The van der Waals surface area contributed by atoms with Crippen LogP contribution in [0, 0.1) is 0 Å². The maximum atomic E-state index is 5.66. The number of benzene rings is 1. The third-order valence-corrected chi connectivity index (χ3v) is 2.00. The molecular weight excluding hydrogens is 172 g/mol. The smallest absolute Gasteiger partial charge is 0.129 e. The topological polar surface area (TPSA) is 9.23 Å². The van der Waals surface area contributed by atoms with E-state index in [4.69, 9.17) is 4.74 Å². The van der Waals surface area contributed by atoms with Crippen LogP contribution in [0.15, 0.2) is 48.2 Å². The SMILES string of the molecule is C/C=C(/C)O/C(=C\C)c1ccccc1. The van der Waals surface area contributed by atoms with Gasteiger partial charge in [0.2, 0.25) is 0 Å². The zero-order valence-corrected chi connectivity index (χ0v) is 8.95. The monoisotopic (exact) mass is 188 g/mol. The molecule has 0 radical (unpaired) electrons. The summed E-state index contributed by atoms with van der Waals surface area (Å²) in [6.45, 7) is 5.89. The summed E-state index contributed by atoms with van der Waals surface area (Å²) in [5.74, 6) is 1.82. The first-order valence-corrected chi connectivity index (χ1v) is 4.80. The standard InChI is InChI=1S/C13H16O/c1-4-11(3)14-13(5-2)12-9-7-6-8-10-12/h4-10H,1-3H3/b11-4-,13-5-. The van der Waals surface area contributed by atoms with E-state index in [-0.39, 0.29) is 0 Å². The number of ether oxygens (including phenoxy) is 1. The molecule has 1 rings (SSSR count). The Morgan fingerprint density at radius 3 is 2.21 bits per heavy atom. The van der Waals surface area contributed by atoms with Crippen LogP contribution < -0.4 is 0 Å². The predicted molar refractivity (Wildman–Crippen MR) is 60.6 cm³/mol. The van der Waals surface area contributed by atoms with Gasteiger partial charge < -0.3 is 4.74 Å². The lowest BCUT2D eigenvalue weighted by molar-refractivity contribution is 0.383. The lowest BCUT2D eigenvalue weighted by Gasteiger charge is -2.09. The van der Waals surface area contributed by atoms with Gasteiger partial charge in [-0.05, 0) is 32.9 Å². The fraction of sp³-hybridized carbons (Fsp3) is 0.231. The second-order valence-corrected chi connectivity index (χ2v) is 3.02. The Morgan fingerprint density at radius 2 is 1.71 bits per heavy atom. The van der Waals surface area contributed by atoms with Crippen molar-refractivity contribution in [1.29, 1.82) is 0 Å². The zero-order valence-electron chi connectivity index (χ0n) is 8.95. The van der Waals surface area contributed by atoms with Crippen molar-refractivity contribution in [2.75, 3.05) is 0 Å². The van der Waals surface area contributed by atoms with E-state index in [1.54, 1.807) is 0 Å². The van der Waals surface area contributed by atoms with Crippen LogP contribution in [0.5, 0.6) is 0 Å². The molecule has 0 aliphatic carbocycles. The third kappa shape index (κ3) is 2.77. The van der Waals surface area contributed by atoms with E-state index >= 15 is 0 Å². The first-order chi connectivity index (χ1) is 6.77. The second kappa shape index (κ2) is 5.28. The maximum Gasteiger partial charge on any atom is 0.129 e. The molecule has 0 saturated heterocycles. The minimum atomic E-state index is 0.904. The van der Waals surface area contributed by atoms with Gasteiger partial charge >= 0.3 is 0 Å². The van der Waals surface area contributed by atoms with Gasteiger partial charge in [0, 0.05) is 5.56 Å². The van der Waals surface area contributed by atoms with E-state index in [2.05, 4.69) is 0 Å². The zero-order chi connectivity index (χ0) is 10.4. The molecule has 0 spiro atoms. The first-order valence-electron chi connectivity index (χ1n) is 4.80. The van der Waals surface area contributed by atoms with Crippen molar-refractivity contribution >= 4 is 5.76 Å². The lowest BCUT2D eigenvalue weighted by atomic mass is 10.2. The molecular formula is C13H16O. The van der Waals surface area contributed by atoms with Crippen molar-refractivity contribution in [1.82, 2.24) is 0 Å². The Morgan fingerprint density at radius 1 is 1.07 bits per heavy atom. The molecule has 0 atom stereocenters. The van der Waals surface area contributed by atoms with Gasteiger partial charge in [-0.15, -0.1) is 0 Å². The van der Waals surface area contributed by atoms with Gasteiger partial charge in [0.05, 0.1) is 5.76 Å². The molecule has 14 heavy (non-hydrogen) atoms. The summed E-state index contributed by atoms with van der Waals surface area (Å²) in [4.78, 5) is 0. The molecule has 0 saturated carbocycles. The summed E-state index contributed by atoms with van der Waals surface area (Å²) in [7, 11) is 0. The van der Waals surface area contributed by atoms with E-state index in [0.29, 0.717) is 0 Å². The van der Waals surface area contributed by atoms with Gasteiger partial charge in [-0.2, -0.15) is 0 Å². The molecule has 0 aromatic heterocycles. The van der Waals surface area contributed by atoms with Gasteiger partial charge in [0.1, 0.15) is 5.76 Å². The maximum absolute atomic E-state index is 5.66. The number of hydrogen-bond donors (Lipinski definition) is 0. The molecule has 1 nitrogen and oxygen atoms in total. The van der Waals surface area contributed by atoms with E-state index in [1.165, 1.54) is 0 Å².